The van der Waals surface area contributed by atoms with E-state index in [1.165, 1.54) is 6.42 Å². The van der Waals surface area contributed by atoms with Gasteiger partial charge in [-0.05, 0) is 55.2 Å². The van der Waals surface area contributed by atoms with E-state index in [0.717, 1.165) is 37.8 Å². The Morgan fingerprint density at radius 3 is 3.12 bits per heavy atom. The van der Waals surface area contributed by atoms with Gasteiger partial charge in [0.2, 0.25) is 0 Å². The zero-order valence-electron chi connectivity index (χ0n) is 10.2. The lowest BCUT2D eigenvalue weighted by molar-refractivity contribution is 0.319. The van der Waals surface area contributed by atoms with E-state index in [1.54, 1.807) is 13.4 Å². The molecule has 0 saturated carbocycles. The normalized spacial score (nSPS) is 25.5. The first kappa shape index (κ1) is 12.9. The summed E-state index contributed by atoms with van der Waals surface area (Å²) in [5.74, 6) is 0. The lowest BCUT2D eigenvalue weighted by Gasteiger charge is -2.29. The Labute approximate surface area is 97.5 Å². The van der Waals surface area contributed by atoms with E-state index in [-0.39, 0.29) is 5.41 Å². The van der Waals surface area contributed by atoms with Crippen LogP contribution in [0.3, 0.4) is 0 Å². The van der Waals surface area contributed by atoms with Gasteiger partial charge in [0.15, 0.2) is 0 Å². The van der Waals surface area contributed by atoms with Gasteiger partial charge in [0, 0.05) is 0 Å². The molecule has 0 bridgehead atoms. The molecule has 1 atom stereocenters. The Balaban J connectivity index is 2.39. The highest BCUT2D eigenvalue weighted by Crippen LogP contribution is 2.38. The lowest BCUT2D eigenvalue weighted by atomic mass is 9.76. The fourth-order valence-corrected chi connectivity index (χ4v) is 2.28. The summed E-state index contributed by atoms with van der Waals surface area (Å²) in [6.07, 6.45) is 12.2. The van der Waals surface area contributed by atoms with Crippen molar-refractivity contribution < 1.29 is 4.74 Å². The van der Waals surface area contributed by atoms with Crippen molar-refractivity contribution in [3.63, 3.8) is 0 Å². The number of methoxy groups -OCH3 is 1. The van der Waals surface area contributed by atoms with Crippen molar-refractivity contribution in [1.29, 1.82) is 0 Å². The Morgan fingerprint density at radius 2 is 2.44 bits per heavy atom. The maximum atomic E-state index is 10.5. The van der Waals surface area contributed by atoms with E-state index in [9.17, 15) is 4.91 Å². The topological polar surface area (TPSA) is 38.7 Å². The predicted molar refractivity (Wildman–Crippen MR) is 65.8 cm³/mol. The van der Waals surface area contributed by atoms with Gasteiger partial charge in [0.25, 0.3) is 0 Å². The van der Waals surface area contributed by atoms with Crippen molar-refractivity contribution in [2.24, 2.45) is 10.6 Å². The number of ether oxygens (including phenoxy) is 1. The first-order valence-electron chi connectivity index (χ1n) is 5.93. The van der Waals surface area contributed by atoms with Crippen LogP contribution < -0.4 is 0 Å². The summed E-state index contributed by atoms with van der Waals surface area (Å²) in [5.41, 5.74) is 0.906. The van der Waals surface area contributed by atoms with Gasteiger partial charge in [-0.25, -0.2) is 0 Å². The van der Waals surface area contributed by atoms with Crippen LogP contribution in [0.15, 0.2) is 29.3 Å². The van der Waals surface area contributed by atoms with Crippen molar-refractivity contribution in [2.75, 3.05) is 7.11 Å². The van der Waals surface area contributed by atoms with Crippen molar-refractivity contribution in [1.82, 2.24) is 0 Å². The van der Waals surface area contributed by atoms with Gasteiger partial charge in [0.05, 0.1) is 19.1 Å². The number of nitroso groups, excluding NO2 is 1. The standard InChI is InChI=1S/C13H21NO2/c1-13(8-4-3-5-10-16-2)9-6-7-12(11-13)14-15/h5,10-11H,3-4,6-9H2,1-2H3/b10-5+. The molecule has 0 saturated heterocycles. The van der Waals surface area contributed by atoms with E-state index < -0.39 is 0 Å². The number of allylic oxidation sites excluding steroid dienone is 3. The second-order valence-electron chi connectivity index (χ2n) is 4.73. The van der Waals surface area contributed by atoms with Gasteiger partial charge < -0.3 is 4.74 Å². The quantitative estimate of drug-likeness (QED) is 0.385. The second kappa shape index (κ2) is 6.46. The van der Waals surface area contributed by atoms with Crippen molar-refractivity contribution >= 4 is 0 Å². The van der Waals surface area contributed by atoms with Gasteiger partial charge in [0.1, 0.15) is 0 Å². The average Bonchev–Trinajstić information content (AvgIpc) is 2.29. The molecule has 1 rings (SSSR count). The third kappa shape index (κ3) is 4.17. The number of hydrogen-bond acceptors (Lipinski definition) is 3. The Hall–Kier alpha value is -1.12. The molecule has 1 unspecified atom stereocenters. The first-order valence-corrected chi connectivity index (χ1v) is 5.93. The highest BCUT2D eigenvalue weighted by Gasteiger charge is 2.25. The van der Waals surface area contributed by atoms with Crippen LogP contribution >= 0.6 is 0 Å². The molecule has 3 heteroatoms. The Kier molecular flexibility index (Phi) is 5.23. The molecule has 0 N–H and O–H groups in total. The van der Waals surface area contributed by atoms with Gasteiger partial charge in [-0.3, -0.25) is 0 Å². The highest BCUT2D eigenvalue weighted by atomic mass is 16.5. The van der Waals surface area contributed by atoms with Crippen LogP contribution in [0.4, 0.5) is 0 Å². The molecule has 0 aromatic heterocycles. The monoisotopic (exact) mass is 223 g/mol. The molecule has 0 radical (unpaired) electrons. The zero-order valence-corrected chi connectivity index (χ0v) is 10.2. The minimum Gasteiger partial charge on any atom is -0.505 e. The fraction of sp³-hybridized carbons (Fsp3) is 0.692. The minimum atomic E-state index is 0.169. The van der Waals surface area contributed by atoms with Crippen molar-refractivity contribution in [3.8, 4) is 0 Å². The Morgan fingerprint density at radius 1 is 1.62 bits per heavy atom. The van der Waals surface area contributed by atoms with E-state index in [2.05, 4.69) is 18.2 Å². The number of unbranched alkanes of at least 4 members (excludes halogenated alkanes) is 1. The molecule has 0 spiro atoms. The molecular formula is C13H21NO2. The summed E-state index contributed by atoms with van der Waals surface area (Å²) in [7, 11) is 1.66. The molecule has 1 aliphatic carbocycles. The van der Waals surface area contributed by atoms with Crippen LogP contribution in [0.2, 0.25) is 0 Å². The largest absolute Gasteiger partial charge is 0.505 e. The summed E-state index contributed by atoms with van der Waals surface area (Å²) < 4.78 is 4.84. The van der Waals surface area contributed by atoms with Crippen molar-refractivity contribution in [3.05, 3.63) is 29.0 Å². The molecule has 16 heavy (non-hydrogen) atoms. The first-order chi connectivity index (χ1) is 7.70. The van der Waals surface area contributed by atoms with Crippen LogP contribution in [0.5, 0.6) is 0 Å². The zero-order chi connectivity index (χ0) is 11.9. The van der Waals surface area contributed by atoms with Crippen LogP contribution in [-0.4, -0.2) is 7.11 Å². The van der Waals surface area contributed by atoms with E-state index in [1.807, 2.05) is 6.08 Å². The van der Waals surface area contributed by atoms with Gasteiger partial charge in [-0.1, -0.05) is 13.0 Å². The summed E-state index contributed by atoms with van der Waals surface area (Å²) in [5, 5.41) is 3.08. The van der Waals surface area contributed by atoms with Gasteiger partial charge in [-0.2, -0.15) is 0 Å². The van der Waals surface area contributed by atoms with Crippen LogP contribution in [0.1, 0.15) is 45.4 Å². The van der Waals surface area contributed by atoms with Crippen LogP contribution in [0.25, 0.3) is 0 Å². The lowest BCUT2D eigenvalue weighted by Crippen LogP contribution is -2.17. The third-order valence-electron chi connectivity index (χ3n) is 3.16. The SMILES string of the molecule is CO/C=C/CCCC1(C)C=C(N=O)CCC1. The third-order valence-corrected chi connectivity index (χ3v) is 3.16. The summed E-state index contributed by atoms with van der Waals surface area (Å²) >= 11 is 0. The molecular weight excluding hydrogens is 202 g/mol. The second-order valence-corrected chi connectivity index (χ2v) is 4.73. The fourth-order valence-electron chi connectivity index (χ4n) is 2.28. The van der Waals surface area contributed by atoms with Crippen LogP contribution in [-0.2, 0) is 4.74 Å². The molecule has 3 nitrogen and oxygen atoms in total. The summed E-state index contributed by atoms with van der Waals surface area (Å²) in [6.45, 7) is 2.22. The molecule has 90 valence electrons. The minimum absolute atomic E-state index is 0.169. The Bertz CT molecular complexity index is 284. The molecule has 0 amide bonds. The van der Waals surface area contributed by atoms with E-state index in [0.29, 0.717) is 0 Å². The molecule has 0 aromatic carbocycles. The average molecular weight is 223 g/mol. The molecule has 1 aliphatic rings. The summed E-state index contributed by atoms with van der Waals surface area (Å²) in [4.78, 5) is 10.5. The van der Waals surface area contributed by atoms with Crippen LogP contribution in [0, 0.1) is 10.3 Å². The maximum absolute atomic E-state index is 10.5. The maximum Gasteiger partial charge on any atom is 0.0814 e. The molecule has 0 aromatic rings. The molecule has 0 heterocycles. The van der Waals surface area contributed by atoms with E-state index >= 15 is 0 Å². The van der Waals surface area contributed by atoms with Gasteiger partial charge in [-0.15, -0.1) is 4.91 Å². The number of hydrogen-bond donors (Lipinski definition) is 0. The highest BCUT2D eigenvalue weighted by molar-refractivity contribution is 5.11. The van der Waals surface area contributed by atoms with Gasteiger partial charge >= 0.3 is 0 Å². The van der Waals surface area contributed by atoms with E-state index in [4.69, 9.17) is 4.74 Å². The number of nitrogens with zero attached hydrogens (tertiary/aromatic N) is 1. The molecule has 0 fully saturated rings. The summed E-state index contributed by atoms with van der Waals surface area (Å²) in [6, 6.07) is 0. The van der Waals surface area contributed by atoms with Crippen molar-refractivity contribution in [2.45, 2.75) is 45.4 Å². The smallest absolute Gasteiger partial charge is 0.0814 e. The predicted octanol–water partition coefficient (Wildman–Crippen LogP) is 4.16. The number of rotatable bonds is 6. The molecule has 0 aliphatic heterocycles.